The summed E-state index contributed by atoms with van der Waals surface area (Å²) in [6, 6.07) is 0. The maximum atomic E-state index is 5.78. The molecule has 0 saturated carbocycles. The van der Waals surface area contributed by atoms with Crippen molar-refractivity contribution in [1.29, 1.82) is 0 Å². The van der Waals surface area contributed by atoms with E-state index in [9.17, 15) is 0 Å². The molecule has 0 aliphatic heterocycles. The zero-order chi connectivity index (χ0) is 10.6. The Morgan fingerprint density at radius 2 is 1.85 bits per heavy atom. The standard InChI is InChI=1S/C12H17Cl/c1-7-11(13)8-9(2)10(3)12(4,5)6/h7H,1,3H2,2,4-6H3. The lowest BCUT2D eigenvalue weighted by atomic mass is 9.84. The number of rotatable bonds is 2. The van der Waals surface area contributed by atoms with Crippen LogP contribution in [0.15, 0.2) is 41.1 Å². The van der Waals surface area contributed by atoms with Crippen LogP contribution in [-0.2, 0) is 0 Å². The maximum absolute atomic E-state index is 5.78. The quantitative estimate of drug-likeness (QED) is 0.453. The fourth-order valence-corrected chi connectivity index (χ4v) is 1.01. The van der Waals surface area contributed by atoms with Crippen LogP contribution < -0.4 is 0 Å². The van der Waals surface area contributed by atoms with E-state index in [0.717, 1.165) is 11.1 Å². The Labute approximate surface area is 86.3 Å². The van der Waals surface area contributed by atoms with Crippen LogP contribution in [-0.4, -0.2) is 0 Å². The van der Waals surface area contributed by atoms with Crippen molar-refractivity contribution >= 4 is 11.6 Å². The van der Waals surface area contributed by atoms with E-state index >= 15 is 0 Å². The van der Waals surface area contributed by atoms with Crippen molar-refractivity contribution in [2.24, 2.45) is 5.41 Å². The SMILES string of the molecule is C=CC(Cl)=C=C(C)C(=C)C(C)(C)C. The molecule has 0 aromatic carbocycles. The molecular weight excluding hydrogens is 180 g/mol. The van der Waals surface area contributed by atoms with E-state index in [0.29, 0.717) is 5.03 Å². The van der Waals surface area contributed by atoms with Gasteiger partial charge in [-0.2, -0.15) is 0 Å². The van der Waals surface area contributed by atoms with Crippen LogP contribution >= 0.6 is 11.6 Å². The van der Waals surface area contributed by atoms with Gasteiger partial charge < -0.3 is 0 Å². The van der Waals surface area contributed by atoms with Gasteiger partial charge in [-0.25, -0.2) is 0 Å². The lowest BCUT2D eigenvalue weighted by Crippen LogP contribution is -2.08. The summed E-state index contributed by atoms with van der Waals surface area (Å²) in [5.74, 6) is 0. The minimum absolute atomic E-state index is 0.0649. The molecule has 0 N–H and O–H groups in total. The first-order valence-electron chi connectivity index (χ1n) is 4.24. The minimum atomic E-state index is 0.0649. The third kappa shape index (κ3) is 4.17. The number of halogens is 1. The predicted octanol–water partition coefficient (Wildman–Crippen LogP) is 4.44. The molecule has 0 fully saturated rings. The molecule has 0 bridgehead atoms. The van der Waals surface area contributed by atoms with Gasteiger partial charge >= 0.3 is 0 Å². The van der Waals surface area contributed by atoms with E-state index < -0.39 is 0 Å². The van der Waals surface area contributed by atoms with Crippen LogP contribution in [0, 0.1) is 5.41 Å². The minimum Gasteiger partial charge on any atom is -0.0971 e. The van der Waals surface area contributed by atoms with Crippen LogP contribution in [0.5, 0.6) is 0 Å². The molecule has 0 aromatic heterocycles. The van der Waals surface area contributed by atoms with Crippen LogP contribution in [0.2, 0.25) is 0 Å². The van der Waals surface area contributed by atoms with Crippen LogP contribution in [0.4, 0.5) is 0 Å². The van der Waals surface area contributed by atoms with Gasteiger partial charge in [0.2, 0.25) is 0 Å². The average Bonchev–Trinajstić information content (AvgIpc) is 2.01. The molecule has 0 heterocycles. The second-order valence-electron chi connectivity index (χ2n) is 4.03. The molecular formula is C12H17Cl. The van der Waals surface area contributed by atoms with Crippen molar-refractivity contribution in [3.63, 3.8) is 0 Å². The second kappa shape index (κ2) is 4.50. The third-order valence-electron chi connectivity index (χ3n) is 1.84. The Bertz CT molecular complexity index is 281. The van der Waals surface area contributed by atoms with Gasteiger partial charge in [0.15, 0.2) is 0 Å². The topological polar surface area (TPSA) is 0 Å². The second-order valence-corrected chi connectivity index (χ2v) is 4.44. The molecule has 13 heavy (non-hydrogen) atoms. The molecule has 0 amide bonds. The molecule has 0 spiro atoms. The van der Waals surface area contributed by atoms with Crippen LogP contribution in [0.1, 0.15) is 27.7 Å². The van der Waals surface area contributed by atoms with Gasteiger partial charge in [-0.15, -0.1) is 0 Å². The summed E-state index contributed by atoms with van der Waals surface area (Å²) in [6.45, 7) is 15.9. The van der Waals surface area contributed by atoms with Crippen LogP contribution in [0.3, 0.4) is 0 Å². The Kier molecular flexibility index (Phi) is 4.26. The highest BCUT2D eigenvalue weighted by Crippen LogP contribution is 2.28. The Morgan fingerprint density at radius 3 is 2.15 bits per heavy atom. The lowest BCUT2D eigenvalue weighted by molar-refractivity contribution is 0.512. The van der Waals surface area contributed by atoms with Crippen molar-refractivity contribution in [2.45, 2.75) is 27.7 Å². The highest BCUT2D eigenvalue weighted by atomic mass is 35.5. The van der Waals surface area contributed by atoms with Crippen molar-refractivity contribution in [2.75, 3.05) is 0 Å². The van der Waals surface area contributed by atoms with Crippen molar-refractivity contribution in [3.8, 4) is 0 Å². The fourth-order valence-electron chi connectivity index (χ4n) is 0.868. The van der Waals surface area contributed by atoms with E-state index in [1.54, 1.807) is 6.08 Å². The summed E-state index contributed by atoms with van der Waals surface area (Å²) in [6.07, 6.45) is 1.57. The molecule has 0 unspecified atom stereocenters. The number of hydrogen-bond donors (Lipinski definition) is 0. The summed E-state index contributed by atoms with van der Waals surface area (Å²) in [4.78, 5) is 0. The summed E-state index contributed by atoms with van der Waals surface area (Å²) in [5, 5.41) is 0.530. The van der Waals surface area contributed by atoms with Gasteiger partial charge in [-0.1, -0.05) is 51.3 Å². The van der Waals surface area contributed by atoms with Crippen LogP contribution in [0.25, 0.3) is 0 Å². The highest BCUT2D eigenvalue weighted by Gasteiger charge is 2.15. The zero-order valence-corrected chi connectivity index (χ0v) is 9.63. The first-order chi connectivity index (χ1) is 5.79. The molecule has 0 aliphatic carbocycles. The molecule has 1 heteroatoms. The number of allylic oxidation sites excluding steroid dienone is 3. The summed E-state index contributed by atoms with van der Waals surface area (Å²) in [5.41, 5.74) is 5.11. The molecule has 72 valence electrons. The smallest absolute Gasteiger partial charge is 0.0821 e. The monoisotopic (exact) mass is 196 g/mol. The average molecular weight is 197 g/mol. The van der Waals surface area contributed by atoms with Gasteiger partial charge in [-0.3, -0.25) is 0 Å². The lowest BCUT2D eigenvalue weighted by Gasteiger charge is -2.21. The maximum Gasteiger partial charge on any atom is 0.0821 e. The Balaban J connectivity index is 5.03. The van der Waals surface area contributed by atoms with Gasteiger partial charge in [0.25, 0.3) is 0 Å². The molecule has 0 saturated heterocycles. The number of hydrogen-bond acceptors (Lipinski definition) is 0. The zero-order valence-electron chi connectivity index (χ0n) is 8.87. The van der Waals surface area contributed by atoms with E-state index in [2.05, 4.69) is 39.7 Å². The highest BCUT2D eigenvalue weighted by molar-refractivity contribution is 6.31. The van der Waals surface area contributed by atoms with Crippen molar-refractivity contribution in [1.82, 2.24) is 0 Å². The predicted molar refractivity (Wildman–Crippen MR) is 60.9 cm³/mol. The van der Waals surface area contributed by atoms with Gasteiger partial charge in [-0.05, 0) is 29.6 Å². The largest absolute Gasteiger partial charge is 0.0971 e. The van der Waals surface area contributed by atoms with Crippen molar-refractivity contribution < 1.29 is 0 Å². The third-order valence-corrected chi connectivity index (χ3v) is 2.09. The van der Waals surface area contributed by atoms with Gasteiger partial charge in [0.05, 0.1) is 5.03 Å². The van der Waals surface area contributed by atoms with Gasteiger partial charge in [0, 0.05) is 0 Å². The summed E-state index contributed by atoms with van der Waals surface area (Å²) >= 11 is 5.78. The molecule has 0 nitrogen and oxygen atoms in total. The van der Waals surface area contributed by atoms with E-state index in [-0.39, 0.29) is 5.41 Å². The summed E-state index contributed by atoms with van der Waals surface area (Å²) in [7, 11) is 0. The van der Waals surface area contributed by atoms with Gasteiger partial charge in [0.1, 0.15) is 0 Å². The first-order valence-corrected chi connectivity index (χ1v) is 4.62. The van der Waals surface area contributed by atoms with E-state index in [4.69, 9.17) is 11.6 Å². The van der Waals surface area contributed by atoms with E-state index in [1.165, 1.54) is 0 Å². The Hall–Kier alpha value is -0.710. The first kappa shape index (κ1) is 12.3. The molecule has 0 atom stereocenters. The van der Waals surface area contributed by atoms with E-state index in [1.807, 2.05) is 6.92 Å². The Morgan fingerprint density at radius 1 is 1.38 bits per heavy atom. The molecule has 0 radical (unpaired) electrons. The molecule has 0 aliphatic rings. The van der Waals surface area contributed by atoms with Crippen molar-refractivity contribution in [3.05, 3.63) is 41.1 Å². The molecule has 0 aromatic rings. The summed E-state index contributed by atoms with van der Waals surface area (Å²) < 4.78 is 0. The fraction of sp³-hybridized carbons (Fsp3) is 0.417. The molecule has 0 rings (SSSR count). The normalized spacial score (nSPS) is 10.2.